The van der Waals surface area contributed by atoms with Crippen LogP contribution in [0.25, 0.3) is 0 Å². The number of nitrogens with one attached hydrogen (secondary N) is 2. The number of nitrogens with zero attached hydrogens (tertiary/aromatic N) is 1. The molecule has 0 aromatic carbocycles. The number of hydrogen-bond donors (Lipinski definition) is 2. The predicted molar refractivity (Wildman–Crippen MR) is 73.5 cm³/mol. The molecule has 2 fully saturated rings. The molecule has 0 aromatic rings. The lowest BCUT2D eigenvalue weighted by atomic mass is 9.94. The van der Waals surface area contributed by atoms with E-state index in [2.05, 4.69) is 29.4 Å². The zero-order valence-corrected chi connectivity index (χ0v) is 11.7. The first-order valence-electron chi connectivity index (χ1n) is 7.44. The second-order valence-corrected chi connectivity index (χ2v) is 5.83. The van der Waals surface area contributed by atoms with E-state index in [1.807, 2.05) is 0 Å². The molecule has 18 heavy (non-hydrogen) atoms. The van der Waals surface area contributed by atoms with Gasteiger partial charge in [0.05, 0.1) is 0 Å². The van der Waals surface area contributed by atoms with E-state index in [4.69, 9.17) is 0 Å². The summed E-state index contributed by atoms with van der Waals surface area (Å²) < 4.78 is 0. The van der Waals surface area contributed by atoms with Gasteiger partial charge in [-0.15, -0.1) is 0 Å². The van der Waals surface area contributed by atoms with Crippen molar-refractivity contribution in [3.63, 3.8) is 0 Å². The molecule has 2 heterocycles. The van der Waals surface area contributed by atoms with Crippen LogP contribution >= 0.6 is 0 Å². The molecule has 4 heteroatoms. The third kappa shape index (κ3) is 3.69. The van der Waals surface area contributed by atoms with Crippen molar-refractivity contribution in [3.8, 4) is 0 Å². The van der Waals surface area contributed by atoms with Gasteiger partial charge in [0.25, 0.3) is 0 Å². The zero-order chi connectivity index (χ0) is 13.0. The summed E-state index contributed by atoms with van der Waals surface area (Å²) in [6.07, 6.45) is 4.19. The normalized spacial score (nSPS) is 32.2. The van der Waals surface area contributed by atoms with Crippen LogP contribution < -0.4 is 10.6 Å². The Kier molecular flexibility index (Phi) is 5.01. The summed E-state index contributed by atoms with van der Waals surface area (Å²) in [5, 5.41) is 6.60. The Hall–Kier alpha value is -0.610. The van der Waals surface area contributed by atoms with E-state index in [1.54, 1.807) is 0 Å². The second-order valence-electron chi connectivity index (χ2n) is 5.83. The van der Waals surface area contributed by atoms with E-state index < -0.39 is 0 Å². The quantitative estimate of drug-likeness (QED) is 0.741. The minimum Gasteiger partial charge on any atom is -0.354 e. The topological polar surface area (TPSA) is 44.4 Å². The highest BCUT2D eigenvalue weighted by atomic mass is 16.1. The molecule has 104 valence electrons. The minimum absolute atomic E-state index is 0.181. The highest BCUT2D eigenvalue weighted by Gasteiger charge is 2.33. The number of carbonyl (C=O) groups excluding carboxylic acids is 1. The van der Waals surface area contributed by atoms with E-state index in [0.717, 1.165) is 18.9 Å². The third-order valence-electron chi connectivity index (χ3n) is 4.41. The molecule has 0 aromatic heterocycles. The Labute approximate surface area is 110 Å². The average Bonchev–Trinajstić information content (AvgIpc) is 2.74. The molecule has 1 amide bonds. The van der Waals surface area contributed by atoms with Gasteiger partial charge in [-0.2, -0.15) is 0 Å². The van der Waals surface area contributed by atoms with Crippen molar-refractivity contribution >= 4 is 5.91 Å². The molecule has 2 N–H and O–H groups in total. The molecule has 2 aliphatic heterocycles. The summed E-state index contributed by atoms with van der Waals surface area (Å²) in [6.45, 7) is 8.74. The van der Waals surface area contributed by atoms with Crippen LogP contribution in [0.5, 0.6) is 0 Å². The fourth-order valence-electron chi connectivity index (χ4n) is 3.04. The Morgan fingerprint density at radius 1 is 1.39 bits per heavy atom. The Morgan fingerprint density at radius 3 is 2.94 bits per heavy atom. The lowest BCUT2D eigenvalue weighted by Crippen LogP contribution is -2.45. The van der Waals surface area contributed by atoms with Crippen molar-refractivity contribution in [1.29, 1.82) is 0 Å². The molecule has 0 radical (unpaired) electrons. The largest absolute Gasteiger partial charge is 0.354 e. The van der Waals surface area contributed by atoms with Crippen LogP contribution in [-0.4, -0.2) is 49.1 Å². The first-order valence-corrected chi connectivity index (χ1v) is 7.44. The van der Waals surface area contributed by atoms with Crippen LogP contribution in [-0.2, 0) is 4.79 Å². The first kappa shape index (κ1) is 13.8. The lowest BCUT2D eigenvalue weighted by Gasteiger charge is -2.31. The van der Waals surface area contributed by atoms with E-state index in [9.17, 15) is 4.79 Å². The molecule has 2 bridgehead atoms. The van der Waals surface area contributed by atoms with Crippen molar-refractivity contribution < 1.29 is 4.79 Å². The van der Waals surface area contributed by atoms with Gasteiger partial charge >= 0.3 is 0 Å². The molecule has 0 saturated carbocycles. The summed E-state index contributed by atoms with van der Waals surface area (Å²) in [7, 11) is 0. The van der Waals surface area contributed by atoms with E-state index >= 15 is 0 Å². The van der Waals surface area contributed by atoms with Crippen LogP contribution in [0.3, 0.4) is 0 Å². The van der Waals surface area contributed by atoms with Gasteiger partial charge in [-0.1, -0.05) is 6.92 Å². The van der Waals surface area contributed by atoms with Crippen LogP contribution in [0.1, 0.15) is 39.5 Å². The number of rotatable bonds is 6. The lowest BCUT2D eigenvalue weighted by molar-refractivity contribution is -0.121. The van der Waals surface area contributed by atoms with Crippen molar-refractivity contribution in [2.45, 2.75) is 51.6 Å². The van der Waals surface area contributed by atoms with E-state index in [1.165, 1.54) is 32.5 Å². The number of piperidine rings is 1. The fraction of sp³-hybridized carbons (Fsp3) is 0.929. The molecule has 4 nitrogen and oxygen atoms in total. The maximum absolute atomic E-state index is 11.7. The number of fused-ring (bicyclic) bond motifs is 2. The van der Waals surface area contributed by atoms with Gasteiger partial charge in [-0.3, -0.25) is 4.79 Å². The Bertz CT molecular complexity index is 282. The highest BCUT2D eigenvalue weighted by molar-refractivity contribution is 5.76. The van der Waals surface area contributed by atoms with Crippen LogP contribution in [0, 0.1) is 5.92 Å². The van der Waals surface area contributed by atoms with Crippen LogP contribution in [0.15, 0.2) is 0 Å². The maximum atomic E-state index is 11.7. The summed E-state index contributed by atoms with van der Waals surface area (Å²) in [5.74, 6) is 0.997. The average molecular weight is 253 g/mol. The Morgan fingerprint density at radius 2 is 2.17 bits per heavy atom. The molecule has 2 rings (SSSR count). The molecule has 4 atom stereocenters. The molecule has 0 spiro atoms. The number of amides is 1. The van der Waals surface area contributed by atoms with Crippen molar-refractivity contribution in [2.24, 2.45) is 5.92 Å². The molecule has 2 saturated heterocycles. The molecule has 2 aliphatic rings. The van der Waals surface area contributed by atoms with Gasteiger partial charge in [-0.25, -0.2) is 0 Å². The molecular formula is C14H27N3O. The van der Waals surface area contributed by atoms with Crippen molar-refractivity contribution in [1.82, 2.24) is 15.5 Å². The monoisotopic (exact) mass is 253 g/mol. The van der Waals surface area contributed by atoms with Gasteiger partial charge in [0.15, 0.2) is 0 Å². The second kappa shape index (κ2) is 6.53. The predicted octanol–water partition coefficient (Wildman–Crippen LogP) is 0.975. The minimum atomic E-state index is 0.181. The number of hydrogen-bond acceptors (Lipinski definition) is 3. The summed E-state index contributed by atoms with van der Waals surface area (Å²) in [6, 6.07) is 0.940. The van der Waals surface area contributed by atoms with Crippen LogP contribution in [0.2, 0.25) is 0 Å². The van der Waals surface area contributed by atoms with Crippen molar-refractivity contribution in [3.05, 3.63) is 0 Å². The fourth-order valence-corrected chi connectivity index (χ4v) is 3.04. The third-order valence-corrected chi connectivity index (χ3v) is 4.41. The number of carbonyl (C=O) groups is 1. The molecule has 4 unspecified atom stereocenters. The molecule has 0 aliphatic carbocycles. The summed E-state index contributed by atoms with van der Waals surface area (Å²) in [4.78, 5) is 14.2. The van der Waals surface area contributed by atoms with E-state index in [0.29, 0.717) is 18.5 Å². The molecular weight excluding hydrogens is 226 g/mol. The summed E-state index contributed by atoms with van der Waals surface area (Å²) in [5.41, 5.74) is 0. The van der Waals surface area contributed by atoms with Gasteiger partial charge in [0.2, 0.25) is 5.91 Å². The standard InChI is InChI=1S/C14H27N3O/c1-3-11(2)16-14(18)4-7-15-13-6-9-17-8-5-12(13)10-17/h11-13,15H,3-10H2,1-2H3,(H,16,18). The van der Waals surface area contributed by atoms with Gasteiger partial charge in [0, 0.05) is 31.6 Å². The highest BCUT2D eigenvalue weighted by Crippen LogP contribution is 2.26. The van der Waals surface area contributed by atoms with Gasteiger partial charge < -0.3 is 15.5 Å². The maximum Gasteiger partial charge on any atom is 0.221 e. The first-order chi connectivity index (χ1) is 8.69. The van der Waals surface area contributed by atoms with Gasteiger partial charge in [0.1, 0.15) is 0 Å². The smallest absolute Gasteiger partial charge is 0.221 e. The Balaban J connectivity index is 1.61. The summed E-state index contributed by atoms with van der Waals surface area (Å²) >= 11 is 0. The zero-order valence-electron chi connectivity index (χ0n) is 11.7. The van der Waals surface area contributed by atoms with E-state index in [-0.39, 0.29) is 5.91 Å². The van der Waals surface area contributed by atoms with Gasteiger partial charge in [-0.05, 0) is 45.2 Å². The van der Waals surface area contributed by atoms with Crippen LogP contribution in [0.4, 0.5) is 0 Å². The van der Waals surface area contributed by atoms with Crippen molar-refractivity contribution in [2.75, 3.05) is 26.2 Å². The SMILES string of the molecule is CCC(C)NC(=O)CCNC1CCN2CCC1C2.